The molecule has 1 rings (SSSR count). The SMILES string of the molecule is CC(C)(C)NCC(O)c1cc[c]c(O)c1. The first kappa shape index (κ1) is 12.0. The monoisotopic (exact) mass is 208 g/mol. The first-order valence-electron chi connectivity index (χ1n) is 5.02. The molecule has 0 aliphatic heterocycles. The van der Waals surface area contributed by atoms with E-state index in [9.17, 15) is 10.2 Å². The molecule has 15 heavy (non-hydrogen) atoms. The summed E-state index contributed by atoms with van der Waals surface area (Å²) in [6.07, 6.45) is -0.607. The number of aromatic hydroxyl groups is 1. The quantitative estimate of drug-likeness (QED) is 0.707. The van der Waals surface area contributed by atoms with Crippen molar-refractivity contribution in [1.29, 1.82) is 0 Å². The van der Waals surface area contributed by atoms with Crippen LogP contribution in [0, 0.1) is 6.07 Å². The van der Waals surface area contributed by atoms with Crippen molar-refractivity contribution in [3.05, 3.63) is 29.8 Å². The number of phenols is 1. The van der Waals surface area contributed by atoms with Gasteiger partial charge in [0.05, 0.1) is 6.10 Å². The Kier molecular flexibility index (Phi) is 3.72. The Morgan fingerprint density at radius 2 is 2.13 bits per heavy atom. The molecule has 0 bridgehead atoms. The highest BCUT2D eigenvalue weighted by atomic mass is 16.3. The van der Waals surface area contributed by atoms with E-state index in [0.29, 0.717) is 12.1 Å². The molecule has 1 aromatic rings. The summed E-state index contributed by atoms with van der Waals surface area (Å²) in [5.41, 5.74) is 0.673. The third kappa shape index (κ3) is 4.32. The zero-order valence-electron chi connectivity index (χ0n) is 9.41. The van der Waals surface area contributed by atoms with E-state index in [1.54, 1.807) is 12.1 Å². The van der Waals surface area contributed by atoms with Crippen LogP contribution in [0.15, 0.2) is 18.2 Å². The van der Waals surface area contributed by atoms with Gasteiger partial charge in [0.1, 0.15) is 5.75 Å². The van der Waals surface area contributed by atoms with Crippen molar-refractivity contribution in [1.82, 2.24) is 5.32 Å². The number of hydrogen-bond acceptors (Lipinski definition) is 3. The number of benzene rings is 1. The summed E-state index contributed by atoms with van der Waals surface area (Å²) in [5.74, 6) is 0.0577. The standard InChI is InChI=1S/C12H18NO2/c1-12(2,3)13-8-11(15)9-5-4-6-10(14)7-9/h4-5,7,11,13-15H,8H2,1-3H3. The molecule has 1 aromatic carbocycles. The first-order valence-corrected chi connectivity index (χ1v) is 5.02. The summed E-state index contributed by atoms with van der Waals surface area (Å²) in [6, 6.07) is 7.49. The average Bonchev–Trinajstić information content (AvgIpc) is 2.13. The number of aliphatic hydroxyl groups is 1. The minimum atomic E-state index is -0.607. The minimum absolute atomic E-state index is 0.0239. The maximum Gasteiger partial charge on any atom is 0.123 e. The predicted molar refractivity (Wildman–Crippen MR) is 59.7 cm³/mol. The van der Waals surface area contributed by atoms with Crippen LogP contribution in [-0.2, 0) is 0 Å². The molecule has 83 valence electrons. The number of hydrogen-bond donors (Lipinski definition) is 3. The van der Waals surface area contributed by atoms with Crippen molar-refractivity contribution in [2.45, 2.75) is 32.4 Å². The van der Waals surface area contributed by atoms with E-state index in [0.717, 1.165) is 0 Å². The minimum Gasteiger partial charge on any atom is -0.507 e. The van der Waals surface area contributed by atoms with Gasteiger partial charge in [-0.05, 0) is 32.4 Å². The Morgan fingerprint density at radius 3 is 2.67 bits per heavy atom. The Labute approximate surface area is 90.8 Å². The fourth-order valence-electron chi connectivity index (χ4n) is 1.20. The third-order valence-electron chi connectivity index (χ3n) is 2.02. The molecule has 0 heterocycles. The lowest BCUT2D eigenvalue weighted by Crippen LogP contribution is -2.38. The van der Waals surface area contributed by atoms with Gasteiger partial charge in [-0.1, -0.05) is 12.1 Å². The molecule has 0 saturated carbocycles. The number of phenolic OH excluding ortho intramolecular Hbond substituents is 1. The van der Waals surface area contributed by atoms with E-state index in [1.807, 2.05) is 20.8 Å². The normalized spacial score (nSPS) is 13.9. The van der Waals surface area contributed by atoms with Crippen molar-refractivity contribution < 1.29 is 10.2 Å². The second kappa shape index (κ2) is 4.64. The Balaban J connectivity index is 2.58. The predicted octanol–water partition coefficient (Wildman–Crippen LogP) is 1.61. The van der Waals surface area contributed by atoms with Crippen molar-refractivity contribution in [2.75, 3.05) is 6.54 Å². The second-order valence-corrected chi connectivity index (χ2v) is 4.65. The van der Waals surface area contributed by atoms with Gasteiger partial charge in [-0.25, -0.2) is 0 Å². The molecule has 1 atom stereocenters. The van der Waals surface area contributed by atoms with E-state index in [2.05, 4.69) is 11.4 Å². The summed E-state index contributed by atoms with van der Waals surface area (Å²) in [6.45, 7) is 6.58. The van der Waals surface area contributed by atoms with Gasteiger partial charge in [-0.2, -0.15) is 0 Å². The summed E-state index contributed by atoms with van der Waals surface area (Å²) in [4.78, 5) is 0. The van der Waals surface area contributed by atoms with Crippen LogP contribution in [0.25, 0.3) is 0 Å². The Hall–Kier alpha value is -1.06. The molecule has 3 N–H and O–H groups in total. The van der Waals surface area contributed by atoms with E-state index in [-0.39, 0.29) is 11.3 Å². The van der Waals surface area contributed by atoms with Crippen LogP contribution >= 0.6 is 0 Å². The number of nitrogens with one attached hydrogen (secondary N) is 1. The van der Waals surface area contributed by atoms with Crippen LogP contribution in [0.2, 0.25) is 0 Å². The van der Waals surface area contributed by atoms with Crippen LogP contribution in [0.3, 0.4) is 0 Å². The van der Waals surface area contributed by atoms with E-state index in [1.165, 1.54) is 6.07 Å². The van der Waals surface area contributed by atoms with Crippen LogP contribution in [0.4, 0.5) is 0 Å². The molecule has 1 radical (unpaired) electrons. The maximum absolute atomic E-state index is 9.82. The molecule has 0 spiro atoms. The number of aliphatic hydroxyl groups excluding tert-OH is 1. The van der Waals surface area contributed by atoms with Crippen molar-refractivity contribution in [3.8, 4) is 5.75 Å². The van der Waals surface area contributed by atoms with Crippen LogP contribution in [0.1, 0.15) is 32.4 Å². The van der Waals surface area contributed by atoms with Crippen LogP contribution in [-0.4, -0.2) is 22.3 Å². The highest BCUT2D eigenvalue weighted by Gasteiger charge is 2.13. The third-order valence-corrected chi connectivity index (χ3v) is 2.02. The van der Waals surface area contributed by atoms with Crippen molar-refractivity contribution in [3.63, 3.8) is 0 Å². The van der Waals surface area contributed by atoms with Gasteiger partial charge >= 0.3 is 0 Å². The fraction of sp³-hybridized carbons (Fsp3) is 0.500. The van der Waals surface area contributed by atoms with E-state index in [4.69, 9.17) is 0 Å². The molecule has 0 amide bonds. The van der Waals surface area contributed by atoms with Gasteiger partial charge in [0, 0.05) is 18.2 Å². The highest BCUT2D eigenvalue weighted by molar-refractivity contribution is 5.27. The average molecular weight is 208 g/mol. The lowest BCUT2D eigenvalue weighted by molar-refractivity contribution is 0.163. The topological polar surface area (TPSA) is 52.5 Å². The van der Waals surface area contributed by atoms with Gasteiger partial charge in [0.2, 0.25) is 0 Å². The van der Waals surface area contributed by atoms with Gasteiger partial charge in [-0.3, -0.25) is 0 Å². The van der Waals surface area contributed by atoms with Gasteiger partial charge in [0.25, 0.3) is 0 Å². The van der Waals surface area contributed by atoms with Gasteiger partial charge < -0.3 is 15.5 Å². The summed E-state index contributed by atoms with van der Waals surface area (Å²) in [7, 11) is 0. The highest BCUT2D eigenvalue weighted by Crippen LogP contribution is 2.17. The van der Waals surface area contributed by atoms with E-state index >= 15 is 0 Å². The van der Waals surface area contributed by atoms with Crippen molar-refractivity contribution in [2.24, 2.45) is 0 Å². The smallest absolute Gasteiger partial charge is 0.123 e. The summed E-state index contributed by atoms with van der Waals surface area (Å²) < 4.78 is 0. The molecule has 0 aliphatic rings. The fourth-order valence-corrected chi connectivity index (χ4v) is 1.20. The molecule has 0 aliphatic carbocycles. The lowest BCUT2D eigenvalue weighted by Gasteiger charge is -2.23. The molecule has 0 saturated heterocycles. The Bertz CT molecular complexity index is 318. The van der Waals surface area contributed by atoms with Crippen LogP contribution in [0.5, 0.6) is 5.75 Å². The lowest BCUT2D eigenvalue weighted by atomic mass is 10.1. The van der Waals surface area contributed by atoms with Crippen LogP contribution < -0.4 is 5.32 Å². The molecule has 0 fully saturated rings. The second-order valence-electron chi connectivity index (χ2n) is 4.65. The first-order chi connectivity index (χ1) is 6.88. The van der Waals surface area contributed by atoms with E-state index < -0.39 is 6.10 Å². The number of β-amino-alcohol motifs (C(OH)–C–C–N with tert-alkyl or cyclic N) is 1. The van der Waals surface area contributed by atoms with Gasteiger partial charge in [-0.15, -0.1) is 0 Å². The zero-order valence-corrected chi connectivity index (χ0v) is 9.41. The molecular formula is C12H18NO2. The maximum atomic E-state index is 9.82. The molecule has 3 nitrogen and oxygen atoms in total. The largest absolute Gasteiger partial charge is 0.507 e. The summed E-state index contributed by atoms with van der Waals surface area (Å²) in [5, 5.41) is 22.2. The van der Waals surface area contributed by atoms with Crippen molar-refractivity contribution >= 4 is 0 Å². The molecule has 0 aromatic heterocycles. The number of rotatable bonds is 3. The summed E-state index contributed by atoms with van der Waals surface area (Å²) >= 11 is 0. The molecule has 3 heteroatoms. The Morgan fingerprint density at radius 1 is 1.47 bits per heavy atom. The molecular weight excluding hydrogens is 190 g/mol. The molecule has 1 unspecified atom stereocenters. The van der Waals surface area contributed by atoms with Gasteiger partial charge in [0.15, 0.2) is 0 Å². The zero-order chi connectivity index (χ0) is 11.5.